The van der Waals surface area contributed by atoms with Gasteiger partial charge in [0.15, 0.2) is 0 Å². The zero-order valence-corrected chi connectivity index (χ0v) is 15.1. The number of hydrogen-bond acceptors (Lipinski definition) is 2. The van der Waals surface area contributed by atoms with E-state index in [9.17, 15) is 14.0 Å². The molecule has 2 amide bonds. The van der Waals surface area contributed by atoms with Gasteiger partial charge in [-0.15, -0.1) is 0 Å². The maximum Gasteiger partial charge on any atom is 0.247 e. The summed E-state index contributed by atoms with van der Waals surface area (Å²) in [6.45, 7) is 0. The van der Waals surface area contributed by atoms with Gasteiger partial charge in [-0.2, -0.15) is 0 Å². The molecular formula is C21H27FN2O2. The first-order valence-corrected chi connectivity index (χ1v) is 10.0. The molecule has 0 radical (unpaired) electrons. The van der Waals surface area contributed by atoms with Crippen LogP contribution in [0.3, 0.4) is 0 Å². The van der Waals surface area contributed by atoms with Gasteiger partial charge in [-0.25, -0.2) is 4.39 Å². The van der Waals surface area contributed by atoms with E-state index in [1.165, 1.54) is 18.6 Å². The van der Waals surface area contributed by atoms with Crippen molar-refractivity contribution in [1.82, 2.24) is 10.2 Å². The lowest BCUT2D eigenvalue weighted by Crippen LogP contribution is -2.65. The van der Waals surface area contributed by atoms with Crippen molar-refractivity contribution in [1.29, 1.82) is 0 Å². The molecule has 1 aromatic rings. The summed E-state index contributed by atoms with van der Waals surface area (Å²) >= 11 is 0. The molecule has 1 N–H and O–H groups in total. The van der Waals surface area contributed by atoms with Gasteiger partial charge in [0, 0.05) is 12.1 Å². The van der Waals surface area contributed by atoms with Gasteiger partial charge in [0.2, 0.25) is 11.8 Å². The second kappa shape index (κ2) is 7.37. The van der Waals surface area contributed by atoms with Gasteiger partial charge in [0.1, 0.15) is 11.9 Å². The highest BCUT2D eigenvalue weighted by molar-refractivity contribution is 5.93. The quantitative estimate of drug-likeness (QED) is 0.834. The van der Waals surface area contributed by atoms with Gasteiger partial charge in [-0.1, -0.05) is 44.2 Å². The molecule has 1 unspecified atom stereocenters. The molecular weight excluding hydrogens is 331 g/mol. The Morgan fingerprint density at radius 1 is 1.08 bits per heavy atom. The topological polar surface area (TPSA) is 49.4 Å². The Balaban J connectivity index is 1.59. The maximum atomic E-state index is 13.8. The first-order valence-electron chi connectivity index (χ1n) is 10.0. The molecule has 3 aliphatic rings. The number of carbonyl (C=O) groups excluding carboxylic acids is 2. The first-order chi connectivity index (χ1) is 12.6. The fourth-order valence-electron chi connectivity index (χ4n) is 4.97. The zero-order chi connectivity index (χ0) is 18.1. The van der Waals surface area contributed by atoms with Crippen molar-refractivity contribution in [3.05, 3.63) is 35.6 Å². The number of nitrogens with zero attached hydrogens (tertiary/aromatic N) is 1. The van der Waals surface area contributed by atoms with Crippen LogP contribution < -0.4 is 5.32 Å². The highest BCUT2D eigenvalue weighted by Crippen LogP contribution is 2.43. The molecule has 140 valence electrons. The summed E-state index contributed by atoms with van der Waals surface area (Å²) in [7, 11) is 0. The van der Waals surface area contributed by atoms with Crippen molar-refractivity contribution in [2.75, 3.05) is 0 Å². The fourth-order valence-corrected chi connectivity index (χ4v) is 4.97. The molecule has 2 aliphatic carbocycles. The van der Waals surface area contributed by atoms with Crippen molar-refractivity contribution in [2.24, 2.45) is 5.92 Å². The van der Waals surface area contributed by atoms with E-state index in [0.29, 0.717) is 5.56 Å². The highest BCUT2D eigenvalue weighted by atomic mass is 19.1. The smallest absolute Gasteiger partial charge is 0.247 e. The Morgan fingerprint density at radius 2 is 1.81 bits per heavy atom. The van der Waals surface area contributed by atoms with E-state index in [0.717, 1.165) is 51.4 Å². The van der Waals surface area contributed by atoms with Crippen LogP contribution in [-0.4, -0.2) is 28.8 Å². The Kier molecular flexibility index (Phi) is 4.96. The minimum Gasteiger partial charge on any atom is -0.351 e. The van der Waals surface area contributed by atoms with Crippen LogP contribution in [0.2, 0.25) is 0 Å². The Bertz CT molecular complexity index is 686. The van der Waals surface area contributed by atoms with Crippen LogP contribution in [-0.2, 0) is 9.59 Å². The minimum absolute atomic E-state index is 0.0577. The largest absolute Gasteiger partial charge is 0.351 e. The molecule has 4 nitrogen and oxygen atoms in total. The molecule has 5 heteroatoms. The van der Waals surface area contributed by atoms with E-state index in [4.69, 9.17) is 0 Å². The summed E-state index contributed by atoms with van der Waals surface area (Å²) in [5.41, 5.74) is 0.579. The second-order valence-electron chi connectivity index (χ2n) is 8.00. The van der Waals surface area contributed by atoms with Gasteiger partial charge in [0.05, 0.1) is 5.92 Å². The predicted octanol–water partition coefficient (Wildman–Crippen LogP) is 3.72. The normalized spacial score (nSPS) is 27.4. The molecule has 4 rings (SSSR count). The lowest BCUT2D eigenvalue weighted by atomic mass is 9.74. The first kappa shape index (κ1) is 17.5. The van der Waals surface area contributed by atoms with Crippen molar-refractivity contribution >= 4 is 11.8 Å². The molecule has 1 aromatic carbocycles. The van der Waals surface area contributed by atoms with E-state index in [-0.39, 0.29) is 35.6 Å². The molecule has 3 atom stereocenters. The van der Waals surface area contributed by atoms with Crippen LogP contribution in [0.4, 0.5) is 4.39 Å². The SMILES string of the molecule is O=C(NC1CCCCC1)C(c1cccc(F)c1)N1C(=O)[C@@H]2CCCC[C@@H]21. The van der Waals surface area contributed by atoms with Gasteiger partial charge >= 0.3 is 0 Å². The average Bonchev–Trinajstić information content (AvgIpc) is 2.66. The van der Waals surface area contributed by atoms with E-state index < -0.39 is 6.04 Å². The molecule has 2 saturated carbocycles. The third kappa shape index (κ3) is 3.24. The maximum absolute atomic E-state index is 13.8. The predicted molar refractivity (Wildman–Crippen MR) is 96.7 cm³/mol. The summed E-state index contributed by atoms with van der Waals surface area (Å²) in [5.74, 6) is -0.406. The number of fused-ring (bicyclic) bond motifs is 1. The van der Waals surface area contributed by atoms with E-state index >= 15 is 0 Å². The van der Waals surface area contributed by atoms with Gasteiger partial charge in [-0.05, 0) is 43.4 Å². The van der Waals surface area contributed by atoms with E-state index in [1.54, 1.807) is 17.0 Å². The number of amides is 2. The molecule has 26 heavy (non-hydrogen) atoms. The molecule has 1 saturated heterocycles. The molecule has 3 fully saturated rings. The Hall–Kier alpha value is -1.91. The molecule has 0 spiro atoms. The van der Waals surface area contributed by atoms with E-state index in [1.807, 2.05) is 0 Å². The number of likely N-dealkylation sites (tertiary alicyclic amines) is 1. The van der Waals surface area contributed by atoms with Gasteiger partial charge in [0.25, 0.3) is 0 Å². The Morgan fingerprint density at radius 3 is 2.58 bits per heavy atom. The number of carbonyl (C=O) groups is 2. The lowest BCUT2D eigenvalue weighted by molar-refractivity contribution is -0.168. The Labute approximate surface area is 154 Å². The van der Waals surface area contributed by atoms with Crippen LogP contribution in [0, 0.1) is 11.7 Å². The minimum atomic E-state index is -0.709. The monoisotopic (exact) mass is 358 g/mol. The van der Waals surface area contributed by atoms with Crippen LogP contribution in [0.1, 0.15) is 69.4 Å². The number of rotatable bonds is 4. The summed E-state index contributed by atoms with van der Waals surface area (Å²) in [6.07, 6.45) is 9.48. The van der Waals surface area contributed by atoms with Crippen molar-refractivity contribution in [2.45, 2.75) is 75.9 Å². The lowest BCUT2D eigenvalue weighted by Gasteiger charge is -2.53. The third-order valence-corrected chi connectivity index (χ3v) is 6.30. The second-order valence-corrected chi connectivity index (χ2v) is 8.00. The summed E-state index contributed by atoms with van der Waals surface area (Å²) in [4.78, 5) is 27.6. The highest BCUT2D eigenvalue weighted by Gasteiger charge is 2.52. The summed E-state index contributed by atoms with van der Waals surface area (Å²) in [5, 5.41) is 3.15. The van der Waals surface area contributed by atoms with Gasteiger partial charge < -0.3 is 10.2 Å². The zero-order valence-electron chi connectivity index (χ0n) is 15.1. The number of nitrogens with one attached hydrogen (secondary N) is 1. The summed E-state index contributed by atoms with van der Waals surface area (Å²) < 4.78 is 13.8. The van der Waals surface area contributed by atoms with Crippen LogP contribution in [0.5, 0.6) is 0 Å². The molecule has 1 heterocycles. The molecule has 0 bridgehead atoms. The third-order valence-electron chi connectivity index (χ3n) is 6.30. The fraction of sp³-hybridized carbons (Fsp3) is 0.619. The van der Waals surface area contributed by atoms with Crippen molar-refractivity contribution in [3.8, 4) is 0 Å². The van der Waals surface area contributed by atoms with Crippen LogP contribution >= 0.6 is 0 Å². The van der Waals surface area contributed by atoms with Crippen LogP contribution in [0.15, 0.2) is 24.3 Å². The van der Waals surface area contributed by atoms with Crippen molar-refractivity contribution in [3.63, 3.8) is 0 Å². The number of hydrogen-bond donors (Lipinski definition) is 1. The van der Waals surface area contributed by atoms with Gasteiger partial charge in [-0.3, -0.25) is 9.59 Å². The van der Waals surface area contributed by atoms with E-state index in [2.05, 4.69) is 5.32 Å². The average molecular weight is 358 g/mol. The number of benzene rings is 1. The molecule has 1 aliphatic heterocycles. The molecule has 0 aromatic heterocycles. The number of β-lactam (4-membered cyclic amide) rings is 1. The number of halogens is 1. The summed E-state index contributed by atoms with van der Waals surface area (Å²) in [6, 6.07) is 5.74. The van der Waals surface area contributed by atoms with Crippen LogP contribution in [0.25, 0.3) is 0 Å². The standard InChI is InChI=1S/C21H27FN2O2/c22-15-8-6-7-14(13-15)19(20(25)23-16-9-2-1-3-10-16)24-18-12-5-4-11-17(18)21(24)26/h6-8,13,16-19H,1-5,9-12H2,(H,23,25)/t17-,18+,19?/m1/s1. The van der Waals surface area contributed by atoms with Crippen molar-refractivity contribution < 1.29 is 14.0 Å².